The van der Waals surface area contributed by atoms with Gasteiger partial charge in [0.15, 0.2) is 0 Å². The first-order valence-electron chi connectivity index (χ1n) is 5.91. The van der Waals surface area contributed by atoms with Gasteiger partial charge in [-0.05, 0) is 31.5 Å². The van der Waals surface area contributed by atoms with Crippen LogP contribution < -0.4 is 10.1 Å². The fourth-order valence-electron chi connectivity index (χ4n) is 1.43. The van der Waals surface area contributed by atoms with Crippen LogP contribution in [0.5, 0.6) is 5.75 Å². The van der Waals surface area contributed by atoms with Crippen molar-refractivity contribution >= 4 is 17.5 Å². The van der Waals surface area contributed by atoms with Gasteiger partial charge in [0.25, 0.3) is 0 Å². The number of rotatable bonds is 6. The van der Waals surface area contributed by atoms with Crippen LogP contribution in [-0.2, 0) is 4.79 Å². The van der Waals surface area contributed by atoms with Gasteiger partial charge in [-0.15, -0.1) is 0 Å². The van der Waals surface area contributed by atoms with E-state index >= 15 is 0 Å². The number of carbonyl (C=O) groups excluding carboxylic acids is 1. The predicted octanol–water partition coefficient (Wildman–Crippen LogP) is 2.30. The van der Waals surface area contributed by atoms with E-state index in [0.29, 0.717) is 23.7 Å². The second kappa shape index (κ2) is 7.24. The summed E-state index contributed by atoms with van der Waals surface area (Å²) in [6.45, 7) is 4.42. The Morgan fingerprint density at radius 2 is 2.28 bits per heavy atom. The van der Waals surface area contributed by atoms with Gasteiger partial charge in [0, 0.05) is 6.54 Å². The quantitative estimate of drug-likeness (QED) is 0.835. The predicted molar refractivity (Wildman–Crippen MR) is 70.9 cm³/mol. The lowest BCUT2D eigenvalue weighted by atomic mass is 10.1. The minimum atomic E-state index is -0.563. The van der Waals surface area contributed by atoms with Crippen LogP contribution in [0.15, 0.2) is 18.2 Å². The Morgan fingerprint density at radius 3 is 2.83 bits per heavy atom. The van der Waals surface area contributed by atoms with Crippen molar-refractivity contribution in [3.8, 4) is 5.75 Å². The molecule has 0 bridgehead atoms. The maximum Gasteiger partial charge on any atom is 0.223 e. The maximum absolute atomic E-state index is 11.2. The molecule has 5 heteroatoms. The molecule has 18 heavy (non-hydrogen) atoms. The summed E-state index contributed by atoms with van der Waals surface area (Å²) in [4.78, 5) is 11.2. The SMILES string of the molecule is CCNC(=O)CCOc1ccc([C@@H](C)O)cc1Cl. The smallest absolute Gasteiger partial charge is 0.223 e. The number of hydrogen-bond acceptors (Lipinski definition) is 3. The van der Waals surface area contributed by atoms with Crippen LogP contribution >= 0.6 is 11.6 Å². The minimum absolute atomic E-state index is 0.0470. The normalized spacial score (nSPS) is 12.0. The fourth-order valence-corrected chi connectivity index (χ4v) is 1.68. The molecule has 0 aliphatic carbocycles. The van der Waals surface area contributed by atoms with Crippen LogP contribution in [0.2, 0.25) is 5.02 Å². The van der Waals surface area contributed by atoms with E-state index in [-0.39, 0.29) is 12.5 Å². The molecule has 0 spiro atoms. The summed E-state index contributed by atoms with van der Waals surface area (Å²) >= 11 is 6.01. The zero-order valence-corrected chi connectivity index (χ0v) is 11.3. The van der Waals surface area contributed by atoms with Crippen molar-refractivity contribution in [2.24, 2.45) is 0 Å². The van der Waals surface area contributed by atoms with Crippen LogP contribution in [0.3, 0.4) is 0 Å². The van der Waals surface area contributed by atoms with Crippen molar-refractivity contribution < 1.29 is 14.6 Å². The minimum Gasteiger partial charge on any atom is -0.491 e. The fraction of sp³-hybridized carbons (Fsp3) is 0.462. The number of benzene rings is 1. The summed E-state index contributed by atoms with van der Waals surface area (Å²) in [5.74, 6) is 0.472. The highest BCUT2D eigenvalue weighted by molar-refractivity contribution is 6.32. The van der Waals surface area contributed by atoms with E-state index in [1.54, 1.807) is 25.1 Å². The van der Waals surface area contributed by atoms with Crippen LogP contribution in [0.4, 0.5) is 0 Å². The van der Waals surface area contributed by atoms with E-state index in [0.717, 1.165) is 5.56 Å². The van der Waals surface area contributed by atoms with Gasteiger partial charge in [-0.2, -0.15) is 0 Å². The lowest BCUT2D eigenvalue weighted by molar-refractivity contribution is -0.121. The molecule has 0 aliphatic rings. The number of aliphatic hydroxyl groups is 1. The Morgan fingerprint density at radius 1 is 1.56 bits per heavy atom. The Hall–Kier alpha value is -1.26. The number of nitrogens with one attached hydrogen (secondary N) is 1. The average Bonchev–Trinajstić information content (AvgIpc) is 2.31. The molecule has 0 aliphatic heterocycles. The highest BCUT2D eigenvalue weighted by atomic mass is 35.5. The van der Waals surface area contributed by atoms with Gasteiger partial charge in [0.2, 0.25) is 5.91 Å². The van der Waals surface area contributed by atoms with Crippen molar-refractivity contribution in [3.63, 3.8) is 0 Å². The molecule has 0 saturated heterocycles. The molecule has 0 heterocycles. The first kappa shape index (κ1) is 14.8. The average molecular weight is 272 g/mol. The summed E-state index contributed by atoms with van der Waals surface area (Å²) in [5, 5.41) is 12.5. The third-order valence-corrected chi connectivity index (χ3v) is 2.69. The molecule has 0 saturated carbocycles. The van der Waals surface area contributed by atoms with Crippen molar-refractivity contribution in [1.29, 1.82) is 0 Å². The van der Waals surface area contributed by atoms with Gasteiger partial charge in [-0.3, -0.25) is 4.79 Å². The summed E-state index contributed by atoms with van der Waals surface area (Å²) in [7, 11) is 0. The van der Waals surface area contributed by atoms with E-state index in [4.69, 9.17) is 16.3 Å². The second-order valence-corrected chi connectivity index (χ2v) is 4.33. The highest BCUT2D eigenvalue weighted by Crippen LogP contribution is 2.27. The molecule has 1 rings (SSSR count). The first-order valence-corrected chi connectivity index (χ1v) is 6.29. The number of amides is 1. The molecular formula is C13H18ClNO3. The van der Waals surface area contributed by atoms with Gasteiger partial charge in [0.1, 0.15) is 5.75 Å². The summed E-state index contributed by atoms with van der Waals surface area (Å²) in [6, 6.07) is 5.10. The number of halogens is 1. The van der Waals surface area contributed by atoms with E-state index in [1.165, 1.54) is 0 Å². The number of hydrogen-bond donors (Lipinski definition) is 2. The number of aliphatic hydroxyl groups excluding tert-OH is 1. The molecule has 4 nitrogen and oxygen atoms in total. The second-order valence-electron chi connectivity index (χ2n) is 3.92. The van der Waals surface area contributed by atoms with Crippen LogP contribution in [-0.4, -0.2) is 24.2 Å². The zero-order chi connectivity index (χ0) is 13.5. The van der Waals surface area contributed by atoms with Crippen LogP contribution in [0.1, 0.15) is 31.9 Å². The topological polar surface area (TPSA) is 58.6 Å². The molecule has 1 aromatic carbocycles. The lowest BCUT2D eigenvalue weighted by Gasteiger charge is -2.10. The van der Waals surface area contributed by atoms with Crippen LogP contribution in [0, 0.1) is 0 Å². The molecule has 1 amide bonds. The zero-order valence-electron chi connectivity index (χ0n) is 10.6. The van der Waals surface area contributed by atoms with Gasteiger partial charge in [0.05, 0.1) is 24.2 Å². The maximum atomic E-state index is 11.2. The van der Waals surface area contributed by atoms with Gasteiger partial charge in [-0.1, -0.05) is 17.7 Å². The molecular weight excluding hydrogens is 254 g/mol. The lowest BCUT2D eigenvalue weighted by Crippen LogP contribution is -2.24. The molecule has 100 valence electrons. The van der Waals surface area contributed by atoms with Crippen molar-refractivity contribution in [1.82, 2.24) is 5.32 Å². The third-order valence-electron chi connectivity index (χ3n) is 2.40. The summed E-state index contributed by atoms with van der Waals surface area (Å²) < 4.78 is 5.41. The largest absolute Gasteiger partial charge is 0.491 e. The number of ether oxygens (including phenoxy) is 1. The molecule has 0 aromatic heterocycles. The van der Waals surface area contributed by atoms with E-state index in [9.17, 15) is 9.90 Å². The Kier molecular flexibility index (Phi) is 5.95. The van der Waals surface area contributed by atoms with Crippen molar-refractivity contribution in [2.75, 3.05) is 13.2 Å². The first-order chi connectivity index (χ1) is 8.54. The highest BCUT2D eigenvalue weighted by Gasteiger charge is 2.07. The van der Waals surface area contributed by atoms with Crippen LogP contribution in [0.25, 0.3) is 0 Å². The number of carbonyl (C=O) groups is 1. The molecule has 1 atom stereocenters. The van der Waals surface area contributed by atoms with E-state index in [2.05, 4.69) is 5.32 Å². The van der Waals surface area contributed by atoms with Gasteiger partial charge < -0.3 is 15.2 Å². The Balaban J connectivity index is 2.50. The molecule has 0 radical (unpaired) electrons. The Labute approximate surface area is 112 Å². The van der Waals surface area contributed by atoms with Gasteiger partial charge in [-0.25, -0.2) is 0 Å². The molecule has 1 aromatic rings. The molecule has 2 N–H and O–H groups in total. The van der Waals surface area contributed by atoms with Crippen molar-refractivity contribution in [3.05, 3.63) is 28.8 Å². The van der Waals surface area contributed by atoms with E-state index in [1.807, 2.05) is 6.92 Å². The summed E-state index contributed by atoms with van der Waals surface area (Å²) in [6.07, 6.45) is -0.269. The van der Waals surface area contributed by atoms with E-state index < -0.39 is 6.10 Å². The molecule has 0 unspecified atom stereocenters. The monoisotopic (exact) mass is 271 g/mol. The Bertz CT molecular complexity index is 407. The van der Waals surface area contributed by atoms with Gasteiger partial charge >= 0.3 is 0 Å². The third kappa shape index (κ3) is 4.55. The summed E-state index contributed by atoms with van der Waals surface area (Å²) in [5.41, 5.74) is 0.732. The van der Waals surface area contributed by atoms with Crippen molar-refractivity contribution in [2.45, 2.75) is 26.4 Å². The standard InChI is InChI=1S/C13H18ClNO3/c1-3-15-13(17)6-7-18-12-5-4-10(9(2)16)8-11(12)14/h4-5,8-9,16H,3,6-7H2,1-2H3,(H,15,17)/t9-/m1/s1. The molecule has 0 fully saturated rings.